The second kappa shape index (κ2) is 5.04. The normalized spacial score (nSPS) is 9.25. The van der Waals surface area contributed by atoms with Crippen molar-refractivity contribution in [3.8, 4) is 11.5 Å². The van der Waals surface area contributed by atoms with Crippen LogP contribution in [0.2, 0.25) is 0 Å². The van der Waals surface area contributed by atoms with Crippen molar-refractivity contribution in [2.75, 3.05) is 5.32 Å². The minimum absolute atomic E-state index is 0. The summed E-state index contributed by atoms with van der Waals surface area (Å²) >= 11 is 0. The van der Waals surface area contributed by atoms with E-state index in [0.29, 0.717) is 0 Å². The minimum Gasteiger partial charge on any atom is -0.508 e. The van der Waals surface area contributed by atoms with Crippen LogP contribution in [0.1, 0.15) is 0 Å². The van der Waals surface area contributed by atoms with Crippen LogP contribution in [0.15, 0.2) is 48.5 Å². The average Bonchev–Trinajstić information content (AvgIpc) is 2.25. The van der Waals surface area contributed by atoms with Crippen molar-refractivity contribution in [3.05, 3.63) is 48.5 Å². The third kappa shape index (κ3) is 2.90. The molecule has 0 heterocycles. The molecule has 4 heteroatoms. The number of benzene rings is 2. The number of aromatic hydroxyl groups is 2. The van der Waals surface area contributed by atoms with Gasteiger partial charge in [0.1, 0.15) is 11.5 Å². The van der Waals surface area contributed by atoms with Crippen LogP contribution in [0.5, 0.6) is 11.5 Å². The summed E-state index contributed by atoms with van der Waals surface area (Å²) in [5.41, 5.74) is 1.77. The van der Waals surface area contributed by atoms with E-state index in [4.69, 9.17) is 10.2 Å². The summed E-state index contributed by atoms with van der Waals surface area (Å²) in [5.74, 6) is 0.484. The number of phenolic OH excluding ortho intramolecular Hbond substituents is 2. The third-order valence-electron chi connectivity index (χ3n) is 2.02. The summed E-state index contributed by atoms with van der Waals surface area (Å²) in [4.78, 5) is 0. The van der Waals surface area contributed by atoms with Gasteiger partial charge in [0.2, 0.25) is 0 Å². The third-order valence-corrected chi connectivity index (χ3v) is 2.02. The fourth-order valence-electron chi connectivity index (χ4n) is 1.26. The van der Waals surface area contributed by atoms with Crippen molar-refractivity contribution in [1.82, 2.24) is 6.15 Å². The lowest BCUT2D eigenvalue weighted by Gasteiger charge is -2.06. The predicted octanol–water partition coefficient (Wildman–Crippen LogP) is 3.00. The van der Waals surface area contributed by atoms with E-state index in [-0.39, 0.29) is 17.6 Å². The smallest absolute Gasteiger partial charge is 0.115 e. The Morgan fingerprint density at radius 3 is 1.25 bits per heavy atom. The standard InChI is InChI=1S/C12H11NO2.H3N/c14-11-5-1-9(2-6-11)13-10-3-7-12(15)8-4-10;/h1-8,13-15H;1H3. The highest BCUT2D eigenvalue weighted by Gasteiger charge is 1.94. The molecule has 0 aliphatic rings. The molecule has 0 unspecified atom stereocenters. The van der Waals surface area contributed by atoms with Crippen molar-refractivity contribution < 1.29 is 10.2 Å². The highest BCUT2D eigenvalue weighted by atomic mass is 16.3. The molecule has 84 valence electrons. The molecule has 2 rings (SSSR count). The first-order chi connectivity index (χ1) is 7.24. The Hall–Kier alpha value is -2.20. The molecule has 0 radical (unpaired) electrons. The molecule has 2 aromatic rings. The highest BCUT2D eigenvalue weighted by Crippen LogP contribution is 2.20. The first-order valence-corrected chi connectivity index (χ1v) is 4.59. The molecule has 2 aromatic carbocycles. The second-order valence-corrected chi connectivity index (χ2v) is 3.22. The molecule has 4 nitrogen and oxygen atoms in total. The van der Waals surface area contributed by atoms with E-state index in [2.05, 4.69) is 5.32 Å². The zero-order valence-corrected chi connectivity index (χ0v) is 8.72. The fraction of sp³-hybridized carbons (Fsp3) is 0. The fourth-order valence-corrected chi connectivity index (χ4v) is 1.26. The molecule has 0 saturated heterocycles. The summed E-state index contributed by atoms with van der Waals surface area (Å²) in [7, 11) is 0. The Labute approximate surface area is 93.8 Å². The Balaban J connectivity index is 0.00000128. The van der Waals surface area contributed by atoms with Crippen molar-refractivity contribution >= 4 is 11.4 Å². The highest BCUT2D eigenvalue weighted by molar-refractivity contribution is 5.60. The van der Waals surface area contributed by atoms with E-state index in [1.165, 1.54) is 0 Å². The summed E-state index contributed by atoms with van der Waals surface area (Å²) in [6.07, 6.45) is 0. The molecule has 0 aliphatic heterocycles. The SMILES string of the molecule is N.Oc1ccc(Nc2ccc(O)cc2)cc1. The molecule has 0 amide bonds. The van der Waals surface area contributed by atoms with Gasteiger partial charge in [-0.15, -0.1) is 0 Å². The number of hydrogen-bond acceptors (Lipinski definition) is 4. The molecule has 16 heavy (non-hydrogen) atoms. The molecule has 0 aromatic heterocycles. The van der Waals surface area contributed by atoms with E-state index in [1.54, 1.807) is 48.5 Å². The van der Waals surface area contributed by atoms with Gasteiger partial charge in [-0.3, -0.25) is 0 Å². The summed E-state index contributed by atoms with van der Waals surface area (Å²) in [6.45, 7) is 0. The number of anilines is 2. The van der Waals surface area contributed by atoms with Gasteiger partial charge in [0.15, 0.2) is 0 Å². The topological polar surface area (TPSA) is 87.5 Å². The van der Waals surface area contributed by atoms with Crippen molar-refractivity contribution in [1.29, 1.82) is 0 Å². The lowest BCUT2D eigenvalue weighted by molar-refractivity contribution is 0.475. The van der Waals surface area contributed by atoms with Gasteiger partial charge in [0.25, 0.3) is 0 Å². The van der Waals surface area contributed by atoms with Gasteiger partial charge in [-0.25, -0.2) is 0 Å². The molecule has 0 aliphatic carbocycles. The number of nitrogens with one attached hydrogen (secondary N) is 1. The summed E-state index contributed by atoms with van der Waals surface area (Å²) in [5, 5.41) is 21.3. The largest absolute Gasteiger partial charge is 0.508 e. The number of phenols is 2. The van der Waals surface area contributed by atoms with Crippen molar-refractivity contribution in [2.24, 2.45) is 0 Å². The van der Waals surface area contributed by atoms with Gasteiger partial charge in [-0.05, 0) is 48.5 Å². The van der Waals surface area contributed by atoms with Crippen LogP contribution in [-0.4, -0.2) is 10.2 Å². The van der Waals surface area contributed by atoms with E-state index < -0.39 is 0 Å². The minimum atomic E-state index is 0. The zero-order chi connectivity index (χ0) is 10.7. The first kappa shape index (κ1) is 11.9. The Morgan fingerprint density at radius 1 is 0.625 bits per heavy atom. The Morgan fingerprint density at radius 2 is 0.938 bits per heavy atom. The lowest BCUT2D eigenvalue weighted by atomic mass is 10.2. The number of hydrogen-bond donors (Lipinski definition) is 4. The number of rotatable bonds is 2. The van der Waals surface area contributed by atoms with Crippen LogP contribution >= 0.6 is 0 Å². The van der Waals surface area contributed by atoms with Gasteiger partial charge < -0.3 is 21.7 Å². The van der Waals surface area contributed by atoms with E-state index in [0.717, 1.165) is 11.4 Å². The van der Waals surface area contributed by atoms with Gasteiger partial charge in [-0.1, -0.05) is 0 Å². The summed E-state index contributed by atoms with van der Waals surface area (Å²) in [6, 6.07) is 13.6. The van der Waals surface area contributed by atoms with Gasteiger partial charge in [0.05, 0.1) is 0 Å². The average molecular weight is 218 g/mol. The molecule has 6 N–H and O–H groups in total. The van der Waals surface area contributed by atoms with E-state index >= 15 is 0 Å². The Bertz CT molecular complexity index is 394. The molecule has 0 saturated carbocycles. The zero-order valence-electron chi connectivity index (χ0n) is 8.72. The predicted molar refractivity (Wildman–Crippen MR) is 64.5 cm³/mol. The van der Waals surface area contributed by atoms with Crippen molar-refractivity contribution in [3.63, 3.8) is 0 Å². The molecular formula is C12H14N2O2. The summed E-state index contributed by atoms with van der Waals surface area (Å²) < 4.78 is 0. The van der Waals surface area contributed by atoms with Gasteiger partial charge in [0, 0.05) is 11.4 Å². The maximum atomic E-state index is 9.10. The van der Waals surface area contributed by atoms with Gasteiger partial charge in [-0.2, -0.15) is 0 Å². The van der Waals surface area contributed by atoms with Crippen LogP contribution in [0.4, 0.5) is 11.4 Å². The molecular weight excluding hydrogens is 204 g/mol. The molecule has 0 bridgehead atoms. The lowest BCUT2D eigenvalue weighted by Crippen LogP contribution is -1.88. The first-order valence-electron chi connectivity index (χ1n) is 4.59. The van der Waals surface area contributed by atoms with Crippen LogP contribution in [-0.2, 0) is 0 Å². The van der Waals surface area contributed by atoms with E-state index in [9.17, 15) is 0 Å². The monoisotopic (exact) mass is 218 g/mol. The second-order valence-electron chi connectivity index (χ2n) is 3.22. The Kier molecular flexibility index (Phi) is 3.74. The van der Waals surface area contributed by atoms with Crippen LogP contribution in [0.3, 0.4) is 0 Å². The van der Waals surface area contributed by atoms with Crippen LogP contribution in [0, 0.1) is 0 Å². The maximum Gasteiger partial charge on any atom is 0.115 e. The quantitative estimate of drug-likeness (QED) is 0.583. The van der Waals surface area contributed by atoms with Crippen LogP contribution in [0.25, 0.3) is 0 Å². The molecule has 0 spiro atoms. The van der Waals surface area contributed by atoms with Gasteiger partial charge >= 0.3 is 0 Å². The van der Waals surface area contributed by atoms with Crippen molar-refractivity contribution in [2.45, 2.75) is 0 Å². The van der Waals surface area contributed by atoms with E-state index in [1.807, 2.05) is 0 Å². The maximum absolute atomic E-state index is 9.10. The van der Waals surface area contributed by atoms with Crippen LogP contribution < -0.4 is 11.5 Å². The molecule has 0 atom stereocenters. The molecule has 0 fully saturated rings.